The van der Waals surface area contributed by atoms with Gasteiger partial charge in [-0.2, -0.15) is 4.99 Å². The molecule has 238 valence electrons. The van der Waals surface area contributed by atoms with E-state index < -0.39 is 12.4 Å². The van der Waals surface area contributed by atoms with Gasteiger partial charge in [0.1, 0.15) is 17.8 Å². The normalized spacial score (nSPS) is 14.5. The maximum absolute atomic E-state index is 13.0. The summed E-state index contributed by atoms with van der Waals surface area (Å²) in [6.07, 6.45) is 0.0112. The summed E-state index contributed by atoms with van der Waals surface area (Å²) in [7, 11) is 1.49. The molecular weight excluding hydrogens is 621 g/mol. The average molecular weight is 651 g/mol. The number of nitrogens with zero attached hydrogens (tertiary/aromatic N) is 5. The van der Waals surface area contributed by atoms with Crippen LogP contribution in [0.2, 0.25) is 0 Å². The molecule has 0 aliphatic carbocycles. The van der Waals surface area contributed by atoms with Crippen molar-refractivity contribution < 1.29 is 32.2 Å². The van der Waals surface area contributed by atoms with E-state index in [1.165, 1.54) is 59.0 Å². The number of halogens is 3. The van der Waals surface area contributed by atoms with Gasteiger partial charge in [-0.05, 0) is 78.6 Å². The van der Waals surface area contributed by atoms with E-state index in [0.717, 1.165) is 16.8 Å². The first-order chi connectivity index (χ1) is 21.9. The van der Waals surface area contributed by atoms with E-state index in [2.05, 4.69) is 25.1 Å². The molecule has 0 unspecified atom stereocenters. The van der Waals surface area contributed by atoms with Crippen molar-refractivity contribution in [2.24, 2.45) is 4.99 Å². The zero-order valence-electron chi connectivity index (χ0n) is 25.2. The van der Waals surface area contributed by atoms with Crippen molar-refractivity contribution in [2.75, 3.05) is 23.1 Å². The number of thioether (sulfide) groups is 1. The summed E-state index contributed by atoms with van der Waals surface area (Å²) < 4.78 is 48.1. The molecule has 0 radical (unpaired) electrons. The van der Waals surface area contributed by atoms with Gasteiger partial charge < -0.3 is 14.8 Å². The first-order valence-corrected chi connectivity index (χ1v) is 15.0. The van der Waals surface area contributed by atoms with Crippen LogP contribution in [0.3, 0.4) is 0 Å². The number of nitrogens with one attached hydrogen (secondary N) is 1. The lowest BCUT2D eigenvalue weighted by molar-refractivity contribution is -0.274. The van der Waals surface area contributed by atoms with Crippen LogP contribution in [0.1, 0.15) is 42.3 Å². The smallest absolute Gasteiger partial charge is 0.496 e. The lowest BCUT2D eigenvalue weighted by atomic mass is 9.99. The van der Waals surface area contributed by atoms with E-state index in [0.29, 0.717) is 33.7 Å². The Bertz CT molecular complexity index is 1820. The Kier molecular flexibility index (Phi) is 9.46. The summed E-state index contributed by atoms with van der Waals surface area (Å²) in [5, 5.41) is 7.37. The summed E-state index contributed by atoms with van der Waals surface area (Å²) in [6.45, 7) is 6.04. The van der Waals surface area contributed by atoms with Crippen molar-refractivity contribution >= 4 is 52.4 Å². The number of aromatic nitrogens is 3. The number of alkyl halides is 3. The molecule has 3 aromatic carbocycles. The van der Waals surface area contributed by atoms with Crippen LogP contribution < -0.4 is 19.7 Å². The van der Waals surface area contributed by atoms with Crippen molar-refractivity contribution in [1.29, 1.82) is 0 Å². The fourth-order valence-corrected chi connectivity index (χ4v) is 5.48. The highest BCUT2D eigenvalue weighted by Crippen LogP contribution is 2.34. The van der Waals surface area contributed by atoms with Crippen LogP contribution in [0, 0.1) is 6.92 Å². The molecule has 10 nitrogen and oxygen atoms in total. The summed E-state index contributed by atoms with van der Waals surface area (Å²) in [4.78, 5) is 35.7. The molecule has 1 aromatic heterocycles. The second-order valence-corrected chi connectivity index (χ2v) is 11.4. The van der Waals surface area contributed by atoms with Gasteiger partial charge >= 0.3 is 12.4 Å². The van der Waals surface area contributed by atoms with Gasteiger partial charge in [0.15, 0.2) is 11.0 Å². The van der Waals surface area contributed by atoms with E-state index in [-0.39, 0.29) is 23.3 Å². The van der Waals surface area contributed by atoms with Crippen molar-refractivity contribution in [2.45, 2.75) is 33.1 Å². The fourth-order valence-electron chi connectivity index (χ4n) is 4.62. The third-order valence-electron chi connectivity index (χ3n) is 6.75. The zero-order chi connectivity index (χ0) is 33.0. The lowest BCUT2D eigenvalue weighted by Gasteiger charge is -2.22. The maximum atomic E-state index is 13.0. The summed E-state index contributed by atoms with van der Waals surface area (Å²) in [5.74, 6) is 0.659. The minimum Gasteiger partial charge on any atom is -0.496 e. The van der Waals surface area contributed by atoms with Crippen LogP contribution in [0.25, 0.3) is 17.8 Å². The van der Waals surface area contributed by atoms with Crippen LogP contribution in [0.15, 0.2) is 72.0 Å². The Morgan fingerprint density at radius 2 is 1.85 bits per heavy atom. The second-order valence-electron chi connectivity index (χ2n) is 10.4. The molecule has 2 heterocycles. The molecule has 0 spiro atoms. The Hall–Kier alpha value is -5.11. The highest BCUT2D eigenvalue weighted by Gasteiger charge is 2.33. The Balaban J connectivity index is 1.28. The average Bonchev–Trinajstić information content (AvgIpc) is 3.62. The van der Waals surface area contributed by atoms with Crippen LogP contribution >= 0.6 is 11.8 Å². The lowest BCUT2D eigenvalue weighted by Crippen LogP contribution is -2.31. The van der Waals surface area contributed by atoms with Gasteiger partial charge in [-0.1, -0.05) is 37.7 Å². The number of methoxy groups -OCH3 is 1. The van der Waals surface area contributed by atoms with Crippen LogP contribution in [-0.4, -0.2) is 51.1 Å². The van der Waals surface area contributed by atoms with E-state index in [1.807, 2.05) is 39.0 Å². The van der Waals surface area contributed by atoms with Crippen LogP contribution in [-0.2, 0) is 4.79 Å². The summed E-state index contributed by atoms with van der Waals surface area (Å²) in [6, 6.07) is 15.5. The number of aryl methyl sites for hydroxylation is 1. The number of urea groups is 1. The number of benzene rings is 3. The van der Waals surface area contributed by atoms with Crippen LogP contribution in [0.5, 0.6) is 11.5 Å². The Morgan fingerprint density at radius 1 is 1.09 bits per heavy atom. The number of rotatable bonds is 8. The largest absolute Gasteiger partial charge is 0.573 e. The Morgan fingerprint density at radius 3 is 2.54 bits per heavy atom. The fraction of sp³-hybridized carbons (Fsp3) is 0.219. The van der Waals surface area contributed by atoms with E-state index in [4.69, 9.17) is 4.74 Å². The van der Waals surface area contributed by atoms with Gasteiger partial charge in [0.25, 0.3) is 0 Å². The molecule has 3 amide bonds. The molecule has 1 aliphatic heterocycles. The SMILES string of the molecule is COc1cc(NC(=O)N=C2SCC(=O)N2c2cc(C)ccc2C(C)C)ccc1/C=C/c1ncn(-c2ccc(OC(F)(F)F)cc2)n1. The topological polar surface area (TPSA) is 111 Å². The molecular formula is C32H29F3N6O4S. The van der Waals surface area contributed by atoms with Crippen molar-refractivity contribution in [1.82, 2.24) is 14.8 Å². The molecule has 1 aliphatic rings. The number of anilines is 2. The molecule has 1 saturated heterocycles. The molecule has 0 bridgehead atoms. The van der Waals surface area contributed by atoms with Gasteiger partial charge in [-0.25, -0.2) is 14.5 Å². The van der Waals surface area contributed by atoms with E-state index in [1.54, 1.807) is 30.4 Å². The van der Waals surface area contributed by atoms with Crippen molar-refractivity contribution in [3.05, 3.63) is 89.5 Å². The number of carbonyl (C=O) groups excluding carboxylic acids is 2. The zero-order valence-corrected chi connectivity index (χ0v) is 26.0. The number of hydrogen-bond acceptors (Lipinski definition) is 7. The molecule has 0 atom stereocenters. The number of amides is 3. The van der Waals surface area contributed by atoms with E-state index >= 15 is 0 Å². The summed E-state index contributed by atoms with van der Waals surface area (Å²) >= 11 is 1.21. The van der Waals surface area contributed by atoms with Crippen molar-refractivity contribution in [3.63, 3.8) is 0 Å². The first kappa shape index (κ1) is 32.3. The second kappa shape index (κ2) is 13.5. The predicted octanol–water partition coefficient (Wildman–Crippen LogP) is 7.44. The van der Waals surface area contributed by atoms with Crippen LogP contribution in [0.4, 0.5) is 29.3 Å². The van der Waals surface area contributed by atoms with Gasteiger partial charge in [-0.15, -0.1) is 18.3 Å². The third-order valence-corrected chi connectivity index (χ3v) is 7.68. The Labute approximate surface area is 266 Å². The van der Waals surface area contributed by atoms with Gasteiger partial charge in [0.05, 0.1) is 24.2 Å². The minimum absolute atomic E-state index is 0.144. The quantitative estimate of drug-likeness (QED) is 0.211. The minimum atomic E-state index is -4.77. The molecule has 1 fully saturated rings. The summed E-state index contributed by atoms with van der Waals surface area (Å²) in [5.41, 5.74) is 4.29. The van der Waals surface area contributed by atoms with Crippen molar-refractivity contribution in [3.8, 4) is 17.2 Å². The molecule has 1 N–H and O–H groups in total. The number of ether oxygens (including phenoxy) is 2. The molecule has 0 saturated carbocycles. The highest BCUT2D eigenvalue weighted by atomic mass is 32.2. The predicted molar refractivity (Wildman–Crippen MR) is 172 cm³/mol. The van der Waals surface area contributed by atoms with Gasteiger partial charge in [0.2, 0.25) is 5.91 Å². The molecule has 4 aromatic rings. The number of amidine groups is 1. The molecule has 14 heteroatoms. The first-order valence-electron chi connectivity index (χ1n) is 14.0. The molecule has 46 heavy (non-hydrogen) atoms. The van der Waals surface area contributed by atoms with Gasteiger partial charge in [0, 0.05) is 17.3 Å². The third kappa shape index (κ3) is 7.75. The standard InChI is InChI=1S/C32H29F3N6O4S/c1-19(2)25-13-5-20(3)15-26(25)41-29(42)17-46-31(41)38-30(43)37-22-8-6-21(27(16-22)44-4)7-14-28-36-18-40(39-28)23-9-11-24(12-10-23)45-32(33,34)35/h5-16,18-19H,17H2,1-4H3,(H,37,43)/b14-7+,38-31?. The maximum Gasteiger partial charge on any atom is 0.573 e. The monoisotopic (exact) mass is 650 g/mol. The number of hydrogen-bond donors (Lipinski definition) is 1. The van der Waals surface area contributed by atoms with Gasteiger partial charge in [-0.3, -0.25) is 9.69 Å². The van der Waals surface area contributed by atoms with E-state index in [9.17, 15) is 22.8 Å². The number of aliphatic imine (C=N–C) groups is 1. The highest BCUT2D eigenvalue weighted by molar-refractivity contribution is 8.15. The number of carbonyl (C=O) groups is 2. The molecule has 5 rings (SSSR count).